The second kappa shape index (κ2) is 11.0. The summed E-state index contributed by atoms with van der Waals surface area (Å²) in [5.41, 5.74) is 6.50. The highest BCUT2D eigenvalue weighted by Gasteiger charge is 2.23. The fraction of sp³-hybridized carbons (Fsp3) is 0.722. The van der Waals surface area contributed by atoms with Crippen molar-refractivity contribution in [2.24, 2.45) is 16.6 Å². The first-order valence-corrected chi connectivity index (χ1v) is 10.5. The van der Waals surface area contributed by atoms with Crippen molar-refractivity contribution in [1.29, 1.82) is 0 Å². The summed E-state index contributed by atoms with van der Waals surface area (Å²) in [6.45, 7) is 4.91. The third-order valence-corrected chi connectivity index (χ3v) is 6.05. The molecule has 1 amide bonds. The number of thiazole rings is 1. The molecule has 0 aromatic carbocycles. The Morgan fingerprint density at radius 1 is 1.37 bits per heavy atom. The molecule has 3 rings (SSSR count). The molecule has 2 aliphatic heterocycles. The SMILES string of the molecule is CN=C(NCCc1csc(N2CCCC2)n1)N1CCCC(CC(N)=O)C1.I. The van der Waals surface area contributed by atoms with Gasteiger partial charge in [-0.3, -0.25) is 9.79 Å². The first-order valence-electron chi connectivity index (χ1n) is 9.59. The van der Waals surface area contributed by atoms with Gasteiger partial charge in [0.05, 0.1) is 5.69 Å². The van der Waals surface area contributed by atoms with Crippen LogP contribution >= 0.6 is 35.3 Å². The molecule has 0 aliphatic carbocycles. The predicted octanol–water partition coefficient (Wildman–Crippen LogP) is 2.07. The fourth-order valence-electron chi connectivity index (χ4n) is 3.81. The van der Waals surface area contributed by atoms with Crippen molar-refractivity contribution in [1.82, 2.24) is 15.2 Å². The van der Waals surface area contributed by atoms with E-state index in [1.807, 2.05) is 7.05 Å². The van der Waals surface area contributed by atoms with Gasteiger partial charge >= 0.3 is 0 Å². The standard InChI is InChI=1S/C18H30N6OS.HI/c1-20-17(24-10-4-5-14(12-24)11-16(19)25)21-7-6-15-13-26-18(22-15)23-8-2-3-9-23;/h13-14H,2-12H2,1H3,(H2,19,25)(H,20,21);1H. The molecule has 2 fully saturated rings. The second-order valence-corrected chi connectivity index (χ2v) is 8.00. The van der Waals surface area contributed by atoms with Gasteiger partial charge in [-0.05, 0) is 31.6 Å². The van der Waals surface area contributed by atoms with Crippen molar-refractivity contribution in [3.8, 4) is 0 Å². The van der Waals surface area contributed by atoms with Crippen molar-refractivity contribution in [2.75, 3.05) is 44.7 Å². The van der Waals surface area contributed by atoms with E-state index < -0.39 is 0 Å². The number of carbonyl (C=O) groups excluding carboxylic acids is 1. The summed E-state index contributed by atoms with van der Waals surface area (Å²) in [6.07, 6.45) is 6.05. The number of aromatic nitrogens is 1. The molecule has 1 aromatic heterocycles. The maximum Gasteiger partial charge on any atom is 0.217 e. The normalized spacial score (nSPS) is 20.5. The van der Waals surface area contributed by atoms with Gasteiger partial charge in [-0.2, -0.15) is 0 Å². The van der Waals surface area contributed by atoms with Crippen molar-refractivity contribution in [2.45, 2.75) is 38.5 Å². The molecule has 2 saturated heterocycles. The topological polar surface area (TPSA) is 86.8 Å². The van der Waals surface area contributed by atoms with E-state index in [-0.39, 0.29) is 29.9 Å². The molecule has 27 heavy (non-hydrogen) atoms. The number of likely N-dealkylation sites (tertiary alicyclic amines) is 1. The Bertz CT molecular complexity index is 631. The molecule has 1 unspecified atom stereocenters. The summed E-state index contributed by atoms with van der Waals surface area (Å²) in [6, 6.07) is 0. The molecule has 0 spiro atoms. The zero-order valence-electron chi connectivity index (χ0n) is 16.0. The van der Waals surface area contributed by atoms with Crippen LogP contribution in [-0.4, -0.2) is 61.5 Å². The molecular formula is C18H31IN6OS. The van der Waals surface area contributed by atoms with Crippen LogP contribution < -0.4 is 16.0 Å². The Morgan fingerprint density at radius 2 is 2.15 bits per heavy atom. The summed E-state index contributed by atoms with van der Waals surface area (Å²) < 4.78 is 0. The third kappa shape index (κ3) is 6.48. The highest BCUT2D eigenvalue weighted by atomic mass is 127. The lowest BCUT2D eigenvalue weighted by Crippen LogP contribution is -2.47. The number of hydrogen-bond donors (Lipinski definition) is 2. The zero-order valence-corrected chi connectivity index (χ0v) is 19.2. The van der Waals surface area contributed by atoms with Gasteiger partial charge in [-0.1, -0.05) is 0 Å². The first kappa shape index (κ1) is 22.2. The number of carbonyl (C=O) groups is 1. The van der Waals surface area contributed by atoms with Crippen LogP contribution in [0.25, 0.3) is 0 Å². The number of rotatable bonds is 6. The predicted molar refractivity (Wildman–Crippen MR) is 122 cm³/mol. The van der Waals surface area contributed by atoms with Crippen LogP contribution in [0.5, 0.6) is 0 Å². The molecular weight excluding hydrogens is 475 g/mol. The molecule has 0 radical (unpaired) electrons. The number of hydrogen-bond acceptors (Lipinski definition) is 5. The molecule has 1 aromatic rings. The van der Waals surface area contributed by atoms with Crippen LogP contribution in [0.4, 0.5) is 5.13 Å². The van der Waals surface area contributed by atoms with Gasteiger partial charge in [0.2, 0.25) is 5.91 Å². The van der Waals surface area contributed by atoms with Crippen molar-refractivity contribution < 1.29 is 4.79 Å². The molecule has 3 N–H and O–H groups in total. The lowest BCUT2D eigenvalue weighted by atomic mass is 9.95. The average Bonchev–Trinajstić information content (AvgIpc) is 3.30. The number of nitrogens with zero attached hydrogens (tertiary/aromatic N) is 4. The Kier molecular flexibility index (Phi) is 9.07. The van der Waals surface area contributed by atoms with Gasteiger partial charge < -0.3 is 20.9 Å². The van der Waals surface area contributed by atoms with Gasteiger partial charge in [-0.25, -0.2) is 4.98 Å². The van der Waals surface area contributed by atoms with E-state index in [1.165, 1.54) is 12.8 Å². The van der Waals surface area contributed by atoms with Crippen molar-refractivity contribution >= 4 is 52.3 Å². The Hall–Kier alpha value is -1.10. The van der Waals surface area contributed by atoms with Gasteiger partial charge in [-0.15, -0.1) is 35.3 Å². The highest BCUT2D eigenvalue weighted by Crippen LogP contribution is 2.24. The molecule has 3 heterocycles. The number of halogens is 1. The number of primary amides is 1. The third-order valence-electron chi connectivity index (χ3n) is 5.10. The van der Waals surface area contributed by atoms with Crippen LogP contribution in [0.1, 0.15) is 37.8 Å². The lowest BCUT2D eigenvalue weighted by molar-refractivity contribution is -0.119. The average molecular weight is 506 g/mol. The Labute approximate surface area is 182 Å². The maximum atomic E-state index is 11.2. The number of aliphatic imine (C=N–C) groups is 1. The van der Waals surface area contributed by atoms with Gasteiger partial charge in [0.25, 0.3) is 0 Å². The number of piperidine rings is 1. The molecule has 152 valence electrons. The summed E-state index contributed by atoms with van der Waals surface area (Å²) in [4.78, 5) is 25.0. The molecule has 1 atom stereocenters. The van der Waals surface area contributed by atoms with E-state index in [9.17, 15) is 4.79 Å². The molecule has 2 aliphatic rings. The minimum atomic E-state index is -0.211. The van der Waals surface area contributed by atoms with E-state index in [0.717, 1.165) is 68.8 Å². The van der Waals surface area contributed by atoms with E-state index in [0.29, 0.717) is 12.3 Å². The molecule has 7 nitrogen and oxygen atoms in total. The molecule has 0 saturated carbocycles. The van der Waals surface area contributed by atoms with Crippen molar-refractivity contribution in [3.05, 3.63) is 11.1 Å². The Morgan fingerprint density at radius 3 is 2.85 bits per heavy atom. The highest BCUT2D eigenvalue weighted by molar-refractivity contribution is 14.0. The second-order valence-electron chi connectivity index (χ2n) is 7.16. The summed E-state index contributed by atoms with van der Waals surface area (Å²) in [7, 11) is 1.81. The monoisotopic (exact) mass is 506 g/mol. The van der Waals surface area contributed by atoms with Gasteiger partial charge in [0.1, 0.15) is 0 Å². The minimum Gasteiger partial charge on any atom is -0.370 e. The minimum absolute atomic E-state index is 0. The number of nitrogens with two attached hydrogens (primary N) is 1. The smallest absolute Gasteiger partial charge is 0.217 e. The van der Waals surface area contributed by atoms with Crippen LogP contribution in [0.2, 0.25) is 0 Å². The summed E-state index contributed by atoms with van der Waals surface area (Å²) >= 11 is 1.75. The first-order chi connectivity index (χ1) is 12.7. The van der Waals surface area contributed by atoms with Crippen LogP contribution in [0.15, 0.2) is 10.4 Å². The van der Waals surface area contributed by atoms with E-state index in [1.54, 1.807) is 11.3 Å². The summed E-state index contributed by atoms with van der Waals surface area (Å²) in [5, 5.41) is 6.78. The number of nitrogens with one attached hydrogen (secondary N) is 1. The summed E-state index contributed by atoms with van der Waals surface area (Å²) in [5.74, 6) is 1.03. The molecule has 9 heteroatoms. The van der Waals surface area contributed by atoms with Crippen LogP contribution in [0.3, 0.4) is 0 Å². The largest absolute Gasteiger partial charge is 0.370 e. The molecule has 0 bridgehead atoms. The Balaban J connectivity index is 0.00000261. The zero-order chi connectivity index (χ0) is 18.4. The van der Waals surface area contributed by atoms with E-state index in [4.69, 9.17) is 10.7 Å². The maximum absolute atomic E-state index is 11.2. The lowest BCUT2D eigenvalue weighted by Gasteiger charge is -2.34. The number of amides is 1. The van der Waals surface area contributed by atoms with Gasteiger partial charge in [0, 0.05) is 58.0 Å². The van der Waals surface area contributed by atoms with Crippen LogP contribution in [0, 0.1) is 5.92 Å². The van der Waals surface area contributed by atoms with Crippen molar-refractivity contribution in [3.63, 3.8) is 0 Å². The number of guanidine groups is 1. The van der Waals surface area contributed by atoms with E-state index in [2.05, 4.69) is 25.5 Å². The fourth-order valence-corrected chi connectivity index (χ4v) is 4.72. The van der Waals surface area contributed by atoms with E-state index >= 15 is 0 Å². The van der Waals surface area contributed by atoms with Gasteiger partial charge in [0.15, 0.2) is 11.1 Å². The quantitative estimate of drug-likeness (QED) is 0.351. The number of anilines is 1. The van der Waals surface area contributed by atoms with Crippen LogP contribution in [-0.2, 0) is 11.2 Å².